The van der Waals surface area contributed by atoms with Crippen LogP contribution in [0.15, 0.2) is 60.1 Å². The lowest BCUT2D eigenvalue weighted by atomic mass is 10.0. The van der Waals surface area contributed by atoms with Crippen LogP contribution in [0.5, 0.6) is 0 Å². The minimum Gasteiger partial charge on any atom is -0.358 e. The predicted molar refractivity (Wildman–Crippen MR) is 96.5 cm³/mol. The van der Waals surface area contributed by atoms with Crippen molar-refractivity contribution in [2.24, 2.45) is 0 Å². The summed E-state index contributed by atoms with van der Waals surface area (Å²) in [6.45, 7) is 2.13. The molecular weight excluding hydrogens is 322 g/mol. The Labute approximate surface area is 144 Å². The van der Waals surface area contributed by atoms with Crippen LogP contribution in [-0.4, -0.2) is 9.91 Å². The highest BCUT2D eigenvalue weighted by Crippen LogP contribution is 2.30. The molecule has 3 rings (SSSR count). The lowest BCUT2D eigenvalue weighted by molar-refractivity contribution is -0.385. The summed E-state index contributed by atoms with van der Waals surface area (Å²) in [4.78, 5) is 15.6. The Kier molecular flexibility index (Phi) is 4.86. The average molecular weight is 339 g/mol. The van der Waals surface area contributed by atoms with Gasteiger partial charge in [-0.25, -0.2) is 4.98 Å². The fourth-order valence-corrected chi connectivity index (χ4v) is 3.25. The van der Waals surface area contributed by atoms with E-state index in [0.29, 0.717) is 5.82 Å². The zero-order valence-electron chi connectivity index (χ0n) is 13.2. The number of hydrogen-bond donors (Lipinski definition) is 1. The van der Waals surface area contributed by atoms with Gasteiger partial charge in [-0.05, 0) is 35.1 Å². The van der Waals surface area contributed by atoms with Crippen LogP contribution < -0.4 is 5.32 Å². The second-order valence-corrected chi connectivity index (χ2v) is 6.33. The van der Waals surface area contributed by atoms with Crippen LogP contribution in [0.2, 0.25) is 0 Å². The van der Waals surface area contributed by atoms with Gasteiger partial charge in [-0.3, -0.25) is 10.1 Å². The van der Waals surface area contributed by atoms with E-state index in [1.807, 2.05) is 11.4 Å². The Hall–Kier alpha value is -2.73. The summed E-state index contributed by atoms with van der Waals surface area (Å²) in [5.74, 6) is 0.610. The van der Waals surface area contributed by atoms with Gasteiger partial charge in [0.1, 0.15) is 12.0 Å². The molecule has 0 radical (unpaired) electrons. The molecule has 0 aliphatic heterocycles. The number of nitrogens with one attached hydrogen (secondary N) is 1. The maximum absolute atomic E-state index is 10.7. The van der Waals surface area contributed by atoms with Gasteiger partial charge in [0.15, 0.2) is 0 Å². The number of benzene rings is 1. The van der Waals surface area contributed by atoms with Gasteiger partial charge < -0.3 is 5.32 Å². The van der Waals surface area contributed by atoms with Gasteiger partial charge in [0.2, 0.25) is 0 Å². The first-order valence-corrected chi connectivity index (χ1v) is 8.54. The summed E-state index contributed by atoms with van der Waals surface area (Å²) >= 11 is 1.66. The standard InChI is InChI=1S/C18H17N3O2S/c1-2-13-5-7-14(8-6-13)18(16-4-3-11-24-16)20-17-10-9-15(12-19-17)21(22)23/h3-12,18H,2H2,1H3,(H,19,20). The van der Waals surface area contributed by atoms with Gasteiger partial charge in [0.05, 0.1) is 11.0 Å². The number of thiophene rings is 1. The Morgan fingerprint density at radius 1 is 1.21 bits per heavy atom. The van der Waals surface area contributed by atoms with Crippen molar-refractivity contribution in [3.63, 3.8) is 0 Å². The van der Waals surface area contributed by atoms with Crippen molar-refractivity contribution in [3.05, 3.63) is 86.2 Å². The third-order valence-corrected chi connectivity index (χ3v) is 4.74. The van der Waals surface area contributed by atoms with E-state index in [-0.39, 0.29) is 11.7 Å². The lowest BCUT2D eigenvalue weighted by Gasteiger charge is -2.19. The molecule has 0 amide bonds. The quantitative estimate of drug-likeness (QED) is 0.516. The molecule has 0 spiro atoms. The highest BCUT2D eigenvalue weighted by atomic mass is 32.1. The smallest absolute Gasteiger partial charge is 0.287 e. The van der Waals surface area contributed by atoms with Crippen LogP contribution >= 0.6 is 11.3 Å². The summed E-state index contributed by atoms with van der Waals surface area (Å²) in [6.07, 6.45) is 2.27. The highest BCUT2D eigenvalue weighted by Gasteiger charge is 2.16. The predicted octanol–water partition coefficient (Wildman–Crippen LogP) is 4.82. The highest BCUT2D eigenvalue weighted by molar-refractivity contribution is 7.10. The zero-order valence-corrected chi connectivity index (χ0v) is 14.0. The summed E-state index contributed by atoms with van der Waals surface area (Å²) in [5.41, 5.74) is 2.41. The molecule has 6 heteroatoms. The second kappa shape index (κ2) is 7.23. The number of aryl methyl sites for hydroxylation is 1. The number of nitrogens with zero attached hydrogens (tertiary/aromatic N) is 2. The number of hydrogen-bond acceptors (Lipinski definition) is 5. The summed E-state index contributed by atoms with van der Waals surface area (Å²) < 4.78 is 0. The molecule has 0 saturated heterocycles. The number of rotatable bonds is 6. The molecule has 5 nitrogen and oxygen atoms in total. The first-order valence-electron chi connectivity index (χ1n) is 7.66. The minimum absolute atomic E-state index is 0.0134. The molecule has 2 heterocycles. The molecule has 1 atom stereocenters. The van der Waals surface area contributed by atoms with E-state index in [1.54, 1.807) is 17.4 Å². The van der Waals surface area contributed by atoms with E-state index in [4.69, 9.17) is 0 Å². The van der Waals surface area contributed by atoms with Crippen LogP contribution in [-0.2, 0) is 6.42 Å². The SMILES string of the molecule is CCc1ccc(C(Nc2ccc([N+](=O)[O-])cn2)c2cccs2)cc1. The monoisotopic (exact) mass is 339 g/mol. The molecular formula is C18H17N3O2S. The molecule has 1 N–H and O–H groups in total. The van der Waals surface area contributed by atoms with Gasteiger partial charge >= 0.3 is 0 Å². The summed E-state index contributed by atoms with van der Waals surface area (Å²) in [6, 6.07) is 15.6. The summed E-state index contributed by atoms with van der Waals surface area (Å²) in [5, 5.41) is 16.2. The van der Waals surface area contributed by atoms with Crippen molar-refractivity contribution in [2.75, 3.05) is 5.32 Å². The fourth-order valence-electron chi connectivity index (χ4n) is 2.45. The maximum atomic E-state index is 10.7. The van der Waals surface area contributed by atoms with Crippen molar-refractivity contribution in [1.82, 2.24) is 4.98 Å². The molecule has 0 saturated carbocycles. The van der Waals surface area contributed by atoms with E-state index in [1.165, 1.54) is 22.7 Å². The second-order valence-electron chi connectivity index (χ2n) is 5.35. The van der Waals surface area contributed by atoms with Crippen molar-refractivity contribution in [2.45, 2.75) is 19.4 Å². The molecule has 0 aliphatic carbocycles. The molecule has 24 heavy (non-hydrogen) atoms. The zero-order chi connectivity index (χ0) is 16.9. The maximum Gasteiger partial charge on any atom is 0.287 e. The molecule has 2 aromatic heterocycles. The Balaban J connectivity index is 1.89. The van der Waals surface area contributed by atoms with Crippen LogP contribution in [0, 0.1) is 10.1 Å². The minimum atomic E-state index is -0.447. The Bertz CT molecular complexity index is 799. The van der Waals surface area contributed by atoms with Crippen molar-refractivity contribution in [3.8, 4) is 0 Å². The molecule has 0 fully saturated rings. The van der Waals surface area contributed by atoms with Gasteiger partial charge in [-0.1, -0.05) is 37.3 Å². The van der Waals surface area contributed by atoms with Gasteiger partial charge in [-0.2, -0.15) is 0 Å². The van der Waals surface area contributed by atoms with E-state index in [2.05, 4.69) is 47.6 Å². The van der Waals surface area contributed by atoms with Crippen LogP contribution in [0.1, 0.15) is 29.0 Å². The number of nitro groups is 1. The third-order valence-electron chi connectivity index (χ3n) is 3.80. The van der Waals surface area contributed by atoms with Crippen LogP contribution in [0.3, 0.4) is 0 Å². The lowest BCUT2D eigenvalue weighted by Crippen LogP contribution is -2.12. The molecule has 1 aromatic carbocycles. The van der Waals surface area contributed by atoms with Crippen molar-refractivity contribution >= 4 is 22.8 Å². The summed E-state index contributed by atoms with van der Waals surface area (Å²) in [7, 11) is 0. The Morgan fingerprint density at radius 3 is 2.54 bits per heavy atom. The molecule has 0 aliphatic rings. The van der Waals surface area contributed by atoms with Crippen molar-refractivity contribution < 1.29 is 4.92 Å². The first-order chi connectivity index (χ1) is 11.7. The number of pyridine rings is 1. The van der Waals surface area contributed by atoms with E-state index < -0.39 is 4.92 Å². The Morgan fingerprint density at radius 2 is 2.00 bits per heavy atom. The third kappa shape index (κ3) is 3.60. The average Bonchev–Trinajstić information content (AvgIpc) is 3.14. The van der Waals surface area contributed by atoms with Gasteiger partial charge in [0, 0.05) is 10.9 Å². The molecule has 3 aromatic rings. The van der Waals surface area contributed by atoms with E-state index in [9.17, 15) is 10.1 Å². The fraction of sp³-hybridized carbons (Fsp3) is 0.167. The first kappa shape index (κ1) is 16.1. The number of aromatic nitrogens is 1. The molecule has 122 valence electrons. The normalized spacial score (nSPS) is 11.9. The largest absolute Gasteiger partial charge is 0.358 e. The molecule has 0 bridgehead atoms. The van der Waals surface area contributed by atoms with Crippen molar-refractivity contribution in [1.29, 1.82) is 0 Å². The van der Waals surface area contributed by atoms with Crippen LogP contribution in [0.25, 0.3) is 0 Å². The van der Waals surface area contributed by atoms with Crippen LogP contribution in [0.4, 0.5) is 11.5 Å². The topological polar surface area (TPSA) is 68.1 Å². The molecule has 1 unspecified atom stereocenters. The van der Waals surface area contributed by atoms with E-state index >= 15 is 0 Å². The van der Waals surface area contributed by atoms with E-state index in [0.717, 1.165) is 12.0 Å². The number of anilines is 1. The van der Waals surface area contributed by atoms with Gasteiger partial charge in [-0.15, -0.1) is 11.3 Å². The van der Waals surface area contributed by atoms with Gasteiger partial charge in [0.25, 0.3) is 5.69 Å².